The van der Waals surface area contributed by atoms with Crippen LogP contribution in [0.25, 0.3) is 0 Å². The van der Waals surface area contributed by atoms with Crippen molar-refractivity contribution in [2.75, 3.05) is 20.1 Å². The summed E-state index contributed by atoms with van der Waals surface area (Å²) in [6.45, 7) is 0.0944. The van der Waals surface area contributed by atoms with Crippen molar-refractivity contribution in [1.29, 1.82) is 0 Å². The van der Waals surface area contributed by atoms with E-state index >= 15 is 0 Å². The Morgan fingerprint density at radius 1 is 1.35 bits per heavy atom. The minimum Gasteiger partial charge on any atom is -0.354 e. The lowest BCUT2D eigenvalue weighted by Gasteiger charge is -2.32. The largest absolute Gasteiger partial charge is 0.511 e. The first-order chi connectivity index (χ1) is 12.1. The topological polar surface area (TPSA) is 73.8 Å². The maximum Gasteiger partial charge on any atom is 0.511 e. The van der Waals surface area contributed by atoms with E-state index in [4.69, 9.17) is 11.6 Å². The number of guanidine groups is 1. The molecule has 1 saturated heterocycles. The second kappa shape index (κ2) is 8.45. The van der Waals surface area contributed by atoms with Gasteiger partial charge in [-0.1, -0.05) is 23.7 Å². The van der Waals surface area contributed by atoms with E-state index in [1.807, 2.05) is 18.2 Å². The number of aliphatic imine (C=N–C) groups is 1. The highest BCUT2D eigenvalue weighted by molar-refractivity contribution is 7.90. The molecule has 0 aromatic heterocycles. The Balaban J connectivity index is 1.85. The quantitative estimate of drug-likeness (QED) is 0.588. The van der Waals surface area contributed by atoms with Gasteiger partial charge in [-0.2, -0.15) is 17.5 Å². The molecule has 0 bridgehead atoms. The highest BCUT2D eigenvalue weighted by Crippen LogP contribution is 2.28. The van der Waals surface area contributed by atoms with Gasteiger partial charge in [0.1, 0.15) is 0 Å². The fourth-order valence-electron chi connectivity index (χ4n) is 2.61. The van der Waals surface area contributed by atoms with E-state index in [1.165, 1.54) is 0 Å². The zero-order valence-electron chi connectivity index (χ0n) is 14.1. The Labute approximate surface area is 155 Å². The van der Waals surface area contributed by atoms with Gasteiger partial charge in [-0.05, 0) is 30.5 Å². The number of benzene rings is 1. The van der Waals surface area contributed by atoms with E-state index in [9.17, 15) is 21.6 Å². The van der Waals surface area contributed by atoms with Crippen LogP contribution in [0.3, 0.4) is 0 Å². The van der Waals surface area contributed by atoms with Crippen molar-refractivity contribution in [2.24, 2.45) is 4.99 Å². The molecule has 146 valence electrons. The molecule has 0 saturated carbocycles. The van der Waals surface area contributed by atoms with Gasteiger partial charge in [0.05, 0.1) is 0 Å². The molecule has 0 aliphatic carbocycles. The highest BCUT2D eigenvalue weighted by Gasteiger charge is 2.50. The molecule has 1 aromatic rings. The molecule has 11 heteroatoms. The van der Waals surface area contributed by atoms with Gasteiger partial charge in [0.15, 0.2) is 5.96 Å². The van der Waals surface area contributed by atoms with Gasteiger partial charge in [0, 0.05) is 37.7 Å². The van der Waals surface area contributed by atoms with Crippen molar-refractivity contribution in [3.05, 3.63) is 34.9 Å². The first-order valence-electron chi connectivity index (χ1n) is 7.91. The summed E-state index contributed by atoms with van der Waals surface area (Å²) in [5, 5.41) is 6.81. The van der Waals surface area contributed by atoms with Gasteiger partial charge < -0.3 is 10.6 Å². The van der Waals surface area contributed by atoms with Crippen LogP contribution in [0.2, 0.25) is 5.02 Å². The number of nitrogens with zero attached hydrogens (tertiary/aromatic N) is 2. The lowest BCUT2D eigenvalue weighted by molar-refractivity contribution is -0.0494. The van der Waals surface area contributed by atoms with Crippen molar-refractivity contribution in [2.45, 2.75) is 30.9 Å². The molecule has 1 aromatic carbocycles. The number of nitrogens with one attached hydrogen (secondary N) is 2. The predicted octanol–water partition coefficient (Wildman–Crippen LogP) is 2.32. The predicted molar refractivity (Wildman–Crippen MR) is 94.4 cm³/mol. The van der Waals surface area contributed by atoms with Crippen LogP contribution < -0.4 is 10.6 Å². The van der Waals surface area contributed by atoms with Gasteiger partial charge in [0.2, 0.25) is 0 Å². The summed E-state index contributed by atoms with van der Waals surface area (Å²) in [6.07, 6.45) is 0.514. The number of hydrogen-bond donors (Lipinski definition) is 2. The molecule has 1 aliphatic rings. The minimum absolute atomic E-state index is 0.166. The van der Waals surface area contributed by atoms with Crippen LogP contribution in [0.1, 0.15) is 18.4 Å². The van der Waals surface area contributed by atoms with Crippen LogP contribution >= 0.6 is 11.6 Å². The number of halogens is 4. The molecule has 2 rings (SSSR count). The summed E-state index contributed by atoms with van der Waals surface area (Å²) in [5.41, 5.74) is -4.31. The van der Waals surface area contributed by atoms with Crippen molar-refractivity contribution in [1.82, 2.24) is 14.9 Å². The van der Waals surface area contributed by atoms with Crippen LogP contribution in [0, 0.1) is 0 Å². The second-order valence-electron chi connectivity index (χ2n) is 5.82. The lowest BCUT2D eigenvalue weighted by Crippen LogP contribution is -2.51. The third kappa shape index (κ3) is 5.24. The summed E-state index contributed by atoms with van der Waals surface area (Å²) in [5.74, 6) is 0.488. The van der Waals surface area contributed by atoms with Gasteiger partial charge in [-0.25, -0.2) is 8.42 Å². The summed E-state index contributed by atoms with van der Waals surface area (Å²) < 4.78 is 61.1. The zero-order valence-corrected chi connectivity index (χ0v) is 15.6. The van der Waals surface area contributed by atoms with Gasteiger partial charge >= 0.3 is 15.5 Å². The first kappa shape index (κ1) is 20.8. The number of hydrogen-bond acceptors (Lipinski definition) is 3. The normalized spacial score (nSPS) is 18.0. The monoisotopic (exact) mass is 412 g/mol. The fourth-order valence-corrected chi connectivity index (χ4v) is 3.80. The Hall–Kier alpha value is -1.52. The average molecular weight is 413 g/mol. The van der Waals surface area contributed by atoms with E-state index in [2.05, 4.69) is 15.6 Å². The van der Waals surface area contributed by atoms with E-state index in [-0.39, 0.29) is 32.0 Å². The van der Waals surface area contributed by atoms with Crippen molar-refractivity contribution < 1.29 is 21.6 Å². The van der Waals surface area contributed by atoms with E-state index in [1.54, 1.807) is 13.1 Å². The molecule has 1 aliphatic heterocycles. The van der Waals surface area contributed by atoms with Crippen LogP contribution in [0.15, 0.2) is 29.3 Å². The molecule has 26 heavy (non-hydrogen) atoms. The number of alkyl halides is 3. The molecule has 0 atom stereocenters. The standard InChI is InChI=1S/C15H20ClF3N4O2S/c1-20-14(21-10-11-3-2-4-12(16)9-11)22-13-5-7-23(8-6-13)26(24,25)15(17,18)19/h2-4,9,13H,5-8,10H2,1H3,(H2,20,21,22). The lowest BCUT2D eigenvalue weighted by atomic mass is 10.1. The molecule has 1 heterocycles. The van der Waals surface area contributed by atoms with Crippen molar-refractivity contribution in [3.8, 4) is 0 Å². The second-order valence-corrected chi connectivity index (χ2v) is 8.19. The maximum atomic E-state index is 12.6. The first-order valence-corrected chi connectivity index (χ1v) is 9.73. The van der Waals surface area contributed by atoms with Crippen LogP contribution in [0.4, 0.5) is 13.2 Å². The SMILES string of the molecule is CN=C(NCc1cccc(Cl)c1)NC1CCN(S(=O)(=O)C(F)(F)F)CC1. The summed E-state index contributed by atoms with van der Waals surface area (Å²) in [7, 11) is -3.68. The van der Waals surface area contributed by atoms with E-state index < -0.39 is 15.5 Å². The Bertz CT molecular complexity index is 748. The average Bonchev–Trinajstić information content (AvgIpc) is 2.58. The molecule has 6 nitrogen and oxygen atoms in total. The Morgan fingerprint density at radius 2 is 2.00 bits per heavy atom. The highest BCUT2D eigenvalue weighted by atomic mass is 35.5. The van der Waals surface area contributed by atoms with Crippen LogP contribution in [-0.4, -0.2) is 50.4 Å². The third-order valence-corrected chi connectivity index (χ3v) is 5.86. The summed E-state index contributed by atoms with van der Waals surface area (Å²) >= 11 is 5.92. The summed E-state index contributed by atoms with van der Waals surface area (Å²) in [6, 6.07) is 7.13. The van der Waals surface area contributed by atoms with Crippen LogP contribution in [-0.2, 0) is 16.6 Å². The molecule has 2 N–H and O–H groups in total. The molecular weight excluding hydrogens is 393 g/mol. The van der Waals surface area contributed by atoms with Crippen molar-refractivity contribution >= 4 is 27.6 Å². The number of rotatable bonds is 4. The minimum atomic E-state index is -5.26. The zero-order chi connectivity index (χ0) is 19.4. The van der Waals surface area contributed by atoms with Gasteiger partial charge in [-0.3, -0.25) is 4.99 Å². The van der Waals surface area contributed by atoms with E-state index in [0.717, 1.165) is 5.56 Å². The molecule has 0 spiro atoms. The molecule has 0 unspecified atom stereocenters. The molecule has 0 amide bonds. The van der Waals surface area contributed by atoms with Crippen molar-refractivity contribution in [3.63, 3.8) is 0 Å². The molecule has 0 radical (unpaired) electrons. The summed E-state index contributed by atoms with van der Waals surface area (Å²) in [4.78, 5) is 4.08. The Morgan fingerprint density at radius 3 is 2.54 bits per heavy atom. The molecule has 1 fully saturated rings. The maximum absolute atomic E-state index is 12.6. The smallest absolute Gasteiger partial charge is 0.354 e. The van der Waals surface area contributed by atoms with Gasteiger partial charge in [0.25, 0.3) is 0 Å². The number of piperidine rings is 1. The Kier molecular flexibility index (Phi) is 6.75. The van der Waals surface area contributed by atoms with Crippen LogP contribution in [0.5, 0.6) is 0 Å². The fraction of sp³-hybridized carbons (Fsp3) is 0.533. The number of sulfonamides is 1. The van der Waals surface area contributed by atoms with Gasteiger partial charge in [-0.15, -0.1) is 0 Å². The third-order valence-electron chi connectivity index (χ3n) is 4.00. The van der Waals surface area contributed by atoms with E-state index in [0.29, 0.717) is 21.8 Å². The molecular formula is C15H20ClF3N4O2S.